The summed E-state index contributed by atoms with van der Waals surface area (Å²) in [6, 6.07) is 10.5. The Morgan fingerprint density at radius 3 is 2.45 bits per heavy atom. The van der Waals surface area contributed by atoms with E-state index in [2.05, 4.69) is 68.3 Å². The van der Waals surface area contributed by atoms with Crippen LogP contribution in [0.2, 0.25) is 0 Å². The van der Waals surface area contributed by atoms with Crippen LogP contribution in [0, 0.1) is 6.92 Å². The van der Waals surface area contributed by atoms with Crippen molar-refractivity contribution < 1.29 is 0 Å². The molecule has 4 rings (SSSR count). The molecule has 22 heavy (non-hydrogen) atoms. The van der Waals surface area contributed by atoms with Crippen LogP contribution in [0.25, 0.3) is 16.7 Å². The van der Waals surface area contributed by atoms with Gasteiger partial charge in [-0.1, -0.05) is 12.2 Å². The first-order chi connectivity index (χ1) is 10.8. The Kier molecular flexibility index (Phi) is 3.00. The number of hydrogen-bond acceptors (Lipinski definition) is 3. The van der Waals surface area contributed by atoms with Crippen molar-refractivity contribution in [2.45, 2.75) is 13.3 Å². The lowest BCUT2D eigenvalue weighted by Crippen LogP contribution is -2.08. The first-order valence-electron chi connectivity index (χ1n) is 7.34. The van der Waals surface area contributed by atoms with Gasteiger partial charge in [0.25, 0.3) is 0 Å². The van der Waals surface area contributed by atoms with Crippen LogP contribution >= 0.6 is 0 Å². The summed E-state index contributed by atoms with van der Waals surface area (Å²) in [5.41, 5.74) is 4.27. The fourth-order valence-electron chi connectivity index (χ4n) is 2.80. The molecule has 1 aliphatic rings. The maximum atomic E-state index is 4.57. The van der Waals surface area contributed by atoms with Crippen LogP contribution in [0.3, 0.4) is 0 Å². The summed E-state index contributed by atoms with van der Waals surface area (Å²) < 4.78 is 2.16. The summed E-state index contributed by atoms with van der Waals surface area (Å²) >= 11 is 0. The minimum atomic E-state index is 0.922. The van der Waals surface area contributed by atoms with Gasteiger partial charge in [0.2, 0.25) is 0 Å². The number of fused-ring (bicyclic) bond motifs is 1. The lowest BCUT2D eigenvalue weighted by atomic mass is 10.2. The van der Waals surface area contributed by atoms with E-state index in [1.54, 1.807) is 12.4 Å². The van der Waals surface area contributed by atoms with Gasteiger partial charge in [0, 0.05) is 30.0 Å². The highest BCUT2D eigenvalue weighted by Gasteiger charge is 2.09. The number of imidazole rings is 1. The van der Waals surface area contributed by atoms with E-state index in [-0.39, 0.29) is 0 Å². The third kappa shape index (κ3) is 2.09. The average Bonchev–Trinajstić information content (AvgIpc) is 2.91. The van der Waals surface area contributed by atoms with Gasteiger partial charge in [-0.25, -0.2) is 4.98 Å². The summed E-state index contributed by atoms with van der Waals surface area (Å²) in [4.78, 5) is 10.8. The van der Waals surface area contributed by atoms with Gasteiger partial charge >= 0.3 is 0 Å². The average molecular weight is 288 g/mol. The molecule has 0 aliphatic carbocycles. The van der Waals surface area contributed by atoms with Crippen LogP contribution in [0.5, 0.6) is 0 Å². The number of aryl methyl sites for hydroxylation is 1. The molecule has 0 unspecified atom stereocenters. The number of hydrogen-bond donors (Lipinski definition) is 0. The molecule has 3 aromatic rings. The van der Waals surface area contributed by atoms with Crippen molar-refractivity contribution in [2.24, 2.45) is 0 Å². The van der Waals surface area contributed by atoms with Crippen molar-refractivity contribution >= 4 is 16.7 Å². The molecular formula is C18H16N4. The molecule has 0 amide bonds. The Hall–Kier alpha value is -2.88. The van der Waals surface area contributed by atoms with Crippen LogP contribution in [-0.2, 0) is 0 Å². The topological polar surface area (TPSA) is 34.0 Å². The van der Waals surface area contributed by atoms with Gasteiger partial charge in [-0.3, -0.25) is 9.55 Å². The van der Waals surface area contributed by atoms with E-state index in [0.29, 0.717) is 0 Å². The Labute approximate surface area is 129 Å². The summed E-state index contributed by atoms with van der Waals surface area (Å²) in [6.45, 7) is 2.02. The van der Waals surface area contributed by atoms with E-state index in [4.69, 9.17) is 0 Å². The van der Waals surface area contributed by atoms with E-state index in [1.165, 1.54) is 0 Å². The number of anilines is 1. The molecule has 0 bridgehead atoms. The number of nitrogens with zero attached hydrogens (tertiary/aromatic N) is 4. The molecule has 0 radical (unpaired) electrons. The molecule has 0 fully saturated rings. The van der Waals surface area contributed by atoms with E-state index < -0.39 is 0 Å². The molecule has 0 atom stereocenters. The highest BCUT2D eigenvalue weighted by molar-refractivity contribution is 5.77. The lowest BCUT2D eigenvalue weighted by Gasteiger charge is -2.18. The van der Waals surface area contributed by atoms with Crippen LogP contribution in [0.15, 0.2) is 67.3 Å². The van der Waals surface area contributed by atoms with Gasteiger partial charge in [-0.05, 0) is 43.7 Å². The number of pyridine rings is 1. The monoisotopic (exact) mass is 288 g/mol. The molecule has 1 aromatic carbocycles. The van der Waals surface area contributed by atoms with Crippen molar-refractivity contribution in [3.63, 3.8) is 0 Å². The van der Waals surface area contributed by atoms with E-state index >= 15 is 0 Å². The Bertz CT molecular complexity index is 860. The zero-order valence-electron chi connectivity index (χ0n) is 12.3. The summed E-state index contributed by atoms with van der Waals surface area (Å²) in [7, 11) is 0. The number of allylic oxidation sites excluding steroid dienone is 2. The maximum Gasteiger partial charge on any atom is 0.111 e. The van der Waals surface area contributed by atoms with Gasteiger partial charge in [0.05, 0.1) is 11.7 Å². The predicted molar refractivity (Wildman–Crippen MR) is 89.0 cm³/mol. The maximum absolute atomic E-state index is 4.57. The largest absolute Gasteiger partial charge is 0.324 e. The van der Waals surface area contributed by atoms with Crippen LogP contribution in [-0.4, -0.2) is 14.5 Å². The van der Waals surface area contributed by atoms with Gasteiger partial charge in [-0.2, -0.15) is 0 Å². The lowest BCUT2D eigenvalue weighted by molar-refractivity contribution is 1.00. The first kappa shape index (κ1) is 12.8. The number of benzene rings is 1. The van der Waals surface area contributed by atoms with Crippen molar-refractivity contribution in [3.8, 4) is 5.69 Å². The second kappa shape index (κ2) is 5.15. The van der Waals surface area contributed by atoms with Gasteiger partial charge in [-0.15, -0.1) is 0 Å². The highest BCUT2D eigenvalue weighted by Crippen LogP contribution is 2.24. The smallest absolute Gasteiger partial charge is 0.111 e. The molecule has 3 heterocycles. The zero-order valence-corrected chi connectivity index (χ0v) is 12.3. The van der Waals surface area contributed by atoms with E-state index in [9.17, 15) is 0 Å². The van der Waals surface area contributed by atoms with Gasteiger partial charge in [0.15, 0.2) is 0 Å². The summed E-state index contributed by atoms with van der Waals surface area (Å²) in [6.07, 6.45) is 13.1. The molecule has 0 N–H and O–H groups in total. The normalized spacial score (nSPS) is 14.0. The van der Waals surface area contributed by atoms with Crippen LogP contribution in [0.4, 0.5) is 5.69 Å². The Morgan fingerprint density at radius 2 is 1.68 bits per heavy atom. The van der Waals surface area contributed by atoms with Crippen molar-refractivity contribution in [2.75, 3.05) is 4.90 Å². The molecule has 1 aliphatic heterocycles. The minimum absolute atomic E-state index is 0.922. The predicted octanol–water partition coefficient (Wildman–Crippen LogP) is 3.97. The van der Waals surface area contributed by atoms with Crippen LogP contribution < -0.4 is 4.90 Å². The molecule has 0 saturated carbocycles. The Morgan fingerprint density at radius 1 is 0.955 bits per heavy atom. The molecule has 108 valence electrons. The summed E-state index contributed by atoms with van der Waals surface area (Å²) in [5.74, 6) is 0.966. The second-order valence-electron chi connectivity index (χ2n) is 5.29. The third-order valence-corrected chi connectivity index (χ3v) is 3.83. The number of rotatable bonds is 2. The fourth-order valence-corrected chi connectivity index (χ4v) is 2.80. The van der Waals surface area contributed by atoms with E-state index in [0.717, 1.165) is 34.7 Å². The molecular weight excluding hydrogens is 272 g/mol. The first-order valence-corrected chi connectivity index (χ1v) is 7.34. The standard InChI is InChI=1S/C18H16N4/c1-14-20-17-13-19-10-9-18(17)22(14)16-7-5-15(6-8-16)21-11-3-2-4-12-21/h3-13H,2H2,1H3. The van der Waals surface area contributed by atoms with Crippen molar-refractivity contribution in [1.82, 2.24) is 14.5 Å². The van der Waals surface area contributed by atoms with Crippen molar-refractivity contribution in [1.29, 1.82) is 0 Å². The molecule has 4 heteroatoms. The van der Waals surface area contributed by atoms with Gasteiger partial charge in [0.1, 0.15) is 11.3 Å². The molecule has 4 nitrogen and oxygen atoms in total. The number of aromatic nitrogens is 3. The summed E-state index contributed by atoms with van der Waals surface area (Å²) in [5, 5.41) is 0. The van der Waals surface area contributed by atoms with E-state index in [1.807, 2.05) is 13.0 Å². The SMILES string of the molecule is Cc1nc2cnccc2n1-c1ccc(N2C=CCC=C2)cc1. The molecule has 0 spiro atoms. The molecule has 2 aromatic heterocycles. The second-order valence-corrected chi connectivity index (χ2v) is 5.29. The van der Waals surface area contributed by atoms with Crippen molar-refractivity contribution in [3.05, 3.63) is 73.1 Å². The third-order valence-electron chi connectivity index (χ3n) is 3.83. The minimum Gasteiger partial charge on any atom is -0.324 e. The zero-order chi connectivity index (χ0) is 14.9. The highest BCUT2D eigenvalue weighted by atomic mass is 15.1. The van der Waals surface area contributed by atoms with Crippen LogP contribution in [0.1, 0.15) is 12.2 Å². The quantitative estimate of drug-likeness (QED) is 0.715. The van der Waals surface area contributed by atoms with Gasteiger partial charge < -0.3 is 4.90 Å². The Balaban J connectivity index is 1.76. The molecule has 0 saturated heterocycles. The fraction of sp³-hybridized carbons (Fsp3) is 0.111.